The fraction of sp³-hybridized carbons (Fsp3) is 0.316. The van der Waals surface area contributed by atoms with E-state index in [9.17, 15) is 4.79 Å². The van der Waals surface area contributed by atoms with Gasteiger partial charge >= 0.3 is 0 Å². The second-order valence-corrected chi connectivity index (χ2v) is 6.63. The predicted molar refractivity (Wildman–Crippen MR) is 96.1 cm³/mol. The summed E-state index contributed by atoms with van der Waals surface area (Å²) in [7, 11) is 0. The molecular weight excluding hydrogens is 314 g/mol. The minimum Gasteiger partial charge on any atom is -0.335 e. The zero-order valence-electron chi connectivity index (χ0n) is 14.2. The second kappa shape index (κ2) is 6.29. The number of aromatic nitrogens is 3. The Balaban J connectivity index is 1.74. The number of nitrogens with two attached hydrogens (primary N) is 1. The van der Waals surface area contributed by atoms with Crippen molar-refractivity contribution in [3.05, 3.63) is 54.4 Å². The van der Waals surface area contributed by atoms with E-state index >= 15 is 0 Å². The lowest BCUT2D eigenvalue weighted by Gasteiger charge is -2.20. The Morgan fingerprint density at radius 1 is 1.28 bits per heavy atom. The molecule has 1 aliphatic rings. The molecule has 1 amide bonds. The van der Waals surface area contributed by atoms with Crippen molar-refractivity contribution in [2.24, 2.45) is 11.7 Å². The molecule has 2 N–H and O–H groups in total. The molecule has 2 atom stereocenters. The molecule has 0 aliphatic carbocycles. The molecule has 0 saturated carbocycles. The Morgan fingerprint density at radius 3 is 2.80 bits per heavy atom. The van der Waals surface area contributed by atoms with Crippen LogP contribution in [0, 0.1) is 5.92 Å². The predicted octanol–water partition coefficient (Wildman–Crippen LogP) is 2.21. The highest BCUT2D eigenvalue weighted by Crippen LogP contribution is 2.26. The first kappa shape index (κ1) is 15.8. The summed E-state index contributed by atoms with van der Waals surface area (Å²) < 4.78 is 1.74. The van der Waals surface area contributed by atoms with Gasteiger partial charge in [-0.05, 0) is 31.9 Å². The van der Waals surface area contributed by atoms with E-state index in [0.717, 1.165) is 17.7 Å². The maximum atomic E-state index is 13.0. The largest absolute Gasteiger partial charge is 0.335 e. The van der Waals surface area contributed by atoms with Crippen molar-refractivity contribution in [2.45, 2.75) is 19.4 Å². The van der Waals surface area contributed by atoms with Gasteiger partial charge in [0.25, 0.3) is 5.91 Å². The number of benzene rings is 1. The van der Waals surface area contributed by atoms with Gasteiger partial charge in [-0.3, -0.25) is 4.79 Å². The molecule has 0 radical (unpaired) electrons. The smallest absolute Gasteiger partial charge is 0.259 e. The van der Waals surface area contributed by atoms with Crippen molar-refractivity contribution in [3.63, 3.8) is 0 Å². The maximum Gasteiger partial charge on any atom is 0.259 e. The van der Waals surface area contributed by atoms with E-state index in [1.807, 2.05) is 41.3 Å². The van der Waals surface area contributed by atoms with E-state index in [2.05, 4.69) is 17.0 Å². The van der Waals surface area contributed by atoms with Crippen LogP contribution in [0.25, 0.3) is 16.9 Å². The molecule has 3 heterocycles. The van der Waals surface area contributed by atoms with Gasteiger partial charge in [-0.15, -0.1) is 0 Å². The van der Waals surface area contributed by atoms with Gasteiger partial charge in [-0.2, -0.15) is 5.10 Å². The fourth-order valence-corrected chi connectivity index (χ4v) is 3.62. The molecule has 3 aromatic rings. The fourth-order valence-electron chi connectivity index (χ4n) is 3.62. The molecule has 25 heavy (non-hydrogen) atoms. The third kappa shape index (κ3) is 2.68. The molecule has 4 rings (SSSR count). The van der Waals surface area contributed by atoms with Crippen LogP contribution in [0.3, 0.4) is 0 Å². The molecule has 128 valence electrons. The molecular formula is C19H21N5O. The number of likely N-dealkylation sites (tertiary alicyclic amines) is 1. The van der Waals surface area contributed by atoms with Crippen LogP contribution < -0.4 is 5.73 Å². The Labute approximate surface area is 146 Å². The molecule has 2 aromatic heterocycles. The molecule has 1 aromatic carbocycles. The Hall–Kier alpha value is -2.73. The zero-order chi connectivity index (χ0) is 17.4. The molecule has 1 saturated heterocycles. The summed E-state index contributed by atoms with van der Waals surface area (Å²) in [5.41, 5.74) is 8.87. The molecule has 0 bridgehead atoms. The summed E-state index contributed by atoms with van der Waals surface area (Å²) in [5.74, 6) is 0.352. The lowest BCUT2D eigenvalue weighted by molar-refractivity contribution is 0.0745. The number of rotatable bonds is 3. The highest BCUT2D eigenvalue weighted by Gasteiger charge is 2.33. The normalized spacial score (nSPS) is 20.3. The molecule has 1 aliphatic heterocycles. The first-order chi connectivity index (χ1) is 12.2. The molecule has 2 unspecified atom stereocenters. The molecule has 6 nitrogen and oxygen atoms in total. The number of amides is 1. The first-order valence-corrected chi connectivity index (χ1v) is 8.58. The summed E-state index contributed by atoms with van der Waals surface area (Å²) >= 11 is 0. The van der Waals surface area contributed by atoms with Crippen LogP contribution in [0.1, 0.15) is 23.7 Å². The van der Waals surface area contributed by atoms with E-state index in [4.69, 9.17) is 5.73 Å². The highest BCUT2D eigenvalue weighted by molar-refractivity contribution is 6.00. The van der Waals surface area contributed by atoms with E-state index < -0.39 is 0 Å². The number of fused-ring (bicyclic) bond motifs is 1. The maximum absolute atomic E-state index is 13.0. The van der Waals surface area contributed by atoms with Crippen molar-refractivity contribution in [2.75, 3.05) is 13.1 Å². The van der Waals surface area contributed by atoms with Crippen molar-refractivity contribution < 1.29 is 4.79 Å². The summed E-state index contributed by atoms with van der Waals surface area (Å²) in [6, 6.07) is 12.1. The Bertz CT molecular complexity index is 905. The van der Waals surface area contributed by atoms with Gasteiger partial charge in [-0.25, -0.2) is 9.50 Å². The van der Waals surface area contributed by atoms with Gasteiger partial charge in [0.1, 0.15) is 5.56 Å². The van der Waals surface area contributed by atoms with Crippen LogP contribution in [-0.4, -0.2) is 44.5 Å². The third-order valence-electron chi connectivity index (χ3n) is 4.96. The van der Waals surface area contributed by atoms with Gasteiger partial charge in [0.2, 0.25) is 0 Å². The number of carbonyl (C=O) groups excluding carboxylic acids is 1. The first-order valence-electron chi connectivity index (χ1n) is 8.58. The molecule has 6 heteroatoms. The lowest BCUT2D eigenvalue weighted by Crippen LogP contribution is -2.34. The van der Waals surface area contributed by atoms with Gasteiger partial charge < -0.3 is 10.6 Å². The topological polar surface area (TPSA) is 76.5 Å². The second-order valence-electron chi connectivity index (χ2n) is 6.63. The van der Waals surface area contributed by atoms with E-state index in [1.54, 1.807) is 16.9 Å². The van der Waals surface area contributed by atoms with Crippen molar-refractivity contribution in [1.82, 2.24) is 19.5 Å². The van der Waals surface area contributed by atoms with E-state index in [0.29, 0.717) is 30.2 Å². The number of nitrogens with zero attached hydrogens (tertiary/aromatic N) is 4. The minimum atomic E-state index is -0.0174. The van der Waals surface area contributed by atoms with Crippen LogP contribution in [-0.2, 0) is 0 Å². The minimum absolute atomic E-state index is 0.0174. The average molecular weight is 335 g/mol. The Kier molecular flexibility index (Phi) is 3.97. The number of hydrogen-bond donors (Lipinski definition) is 1. The zero-order valence-corrected chi connectivity index (χ0v) is 14.2. The van der Waals surface area contributed by atoms with E-state index in [1.165, 1.54) is 0 Å². The van der Waals surface area contributed by atoms with Gasteiger partial charge in [-0.1, -0.05) is 30.3 Å². The standard InChI is InChI=1S/C19H21N5O/c1-13-9-14(10-20)12-23(13)19(25)16-11-22-24-17(7-8-21-18(16)24)15-5-3-2-4-6-15/h2-8,11,13-14H,9-10,12,20H2,1H3. The third-order valence-corrected chi connectivity index (χ3v) is 4.96. The summed E-state index contributed by atoms with van der Waals surface area (Å²) in [6.07, 6.45) is 4.30. The van der Waals surface area contributed by atoms with Crippen LogP contribution in [0.4, 0.5) is 0 Å². The van der Waals surface area contributed by atoms with Crippen molar-refractivity contribution >= 4 is 11.6 Å². The molecule has 1 fully saturated rings. The van der Waals surface area contributed by atoms with Gasteiger partial charge in [0.05, 0.1) is 11.9 Å². The summed E-state index contributed by atoms with van der Waals surface area (Å²) in [6.45, 7) is 3.38. The number of hydrogen-bond acceptors (Lipinski definition) is 4. The van der Waals surface area contributed by atoms with Crippen LogP contribution >= 0.6 is 0 Å². The summed E-state index contributed by atoms with van der Waals surface area (Å²) in [5, 5.41) is 4.43. The quantitative estimate of drug-likeness (QED) is 0.796. The van der Waals surface area contributed by atoms with E-state index in [-0.39, 0.29) is 11.9 Å². The monoisotopic (exact) mass is 335 g/mol. The van der Waals surface area contributed by atoms with Gasteiger partial charge in [0, 0.05) is 24.3 Å². The van der Waals surface area contributed by atoms with Crippen molar-refractivity contribution in [1.29, 1.82) is 0 Å². The van der Waals surface area contributed by atoms with Crippen LogP contribution in [0.2, 0.25) is 0 Å². The number of carbonyl (C=O) groups is 1. The van der Waals surface area contributed by atoms with Gasteiger partial charge in [0.15, 0.2) is 5.65 Å². The SMILES string of the molecule is CC1CC(CN)CN1C(=O)c1cnn2c(-c3ccccc3)ccnc12. The van der Waals surface area contributed by atoms with Crippen LogP contribution in [0.15, 0.2) is 48.8 Å². The van der Waals surface area contributed by atoms with Crippen LogP contribution in [0.5, 0.6) is 0 Å². The Morgan fingerprint density at radius 2 is 2.08 bits per heavy atom. The highest BCUT2D eigenvalue weighted by atomic mass is 16.2. The molecule has 0 spiro atoms. The lowest BCUT2D eigenvalue weighted by atomic mass is 10.1. The average Bonchev–Trinajstić information content (AvgIpc) is 3.25. The summed E-state index contributed by atoms with van der Waals surface area (Å²) in [4.78, 5) is 19.3. The van der Waals surface area contributed by atoms with Crippen molar-refractivity contribution in [3.8, 4) is 11.3 Å².